The van der Waals surface area contributed by atoms with Crippen LogP contribution in [0.4, 0.5) is 23.2 Å². The van der Waals surface area contributed by atoms with Crippen LogP contribution in [-0.4, -0.2) is 37.0 Å². The SMILES string of the molecule is O=C(c1ccccc1F)N1CCN(c2ccc(F)c(F)c2F)CC1. The van der Waals surface area contributed by atoms with Gasteiger partial charge in [0.05, 0.1) is 11.3 Å². The first kappa shape index (κ1) is 16.3. The lowest BCUT2D eigenvalue weighted by Crippen LogP contribution is -2.49. The van der Waals surface area contributed by atoms with E-state index < -0.39 is 29.2 Å². The van der Waals surface area contributed by atoms with Crippen LogP contribution in [-0.2, 0) is 0 Å². The number of hydrogen-bond acceptors (Lipinski definition) is 2. The molecule has 7 heteroatoms. The van der Waals surface area contributed by atoms with Crippen molar-refractivity contribution < 1.29 is 22.4 Å². The molecule has 0 aromatic heterocycles. The molecule has 3 rings (SSSR count). The molecule has 1 fully saturated rings. The Morgan fingerprint density at radius 3 is 2.12 bits per heavy atom. The number of anilines is 1. The average Bonchev–Trinajstić information content (AvgIpc) is 2.60. The highest BCUT2D eigenvalue weighted by Crippen LogP contribution is 2.25. The van der Waals surface area contributed by atoms with Crippen LogP contribution >= 0.6 is 0 Å². The summed E-state index contributed by atoms with van der Waals surface area (Å²) in [5.41, 5.74) is -0.0724. The van der Waals surface area contributed by atoms with Gasteiger partial charge in [-0.25, -0.2) is 17.6 Å². The molecule has 1 aliphatic rings. The molecule has 0 aliphatic carbocycles. The van der Waals surface area contributed by atoms with E-state index in [0.717, 1.165) is 6.07 Å². The summed E-state index contributed by atoms with van der Waals surface area (Å²) in [5, 5.41) is 0. The van der Waals surface area contributed by atoms with Crippen molar-refractivity contribution in [3.8, 4) is 0 Å². The second-order valence-corrected chi connectivity index (χ2v) is 5.45. The molecular weight excluding hydrogens is 324 g/mol. The molecule has 2 aromatic rings. The number of hydrogen-bond donors (Lipinski definition) is 0. The minimum atomic E-state index is -1.52. The van der Waals surface area contributed by atoms with E-state index in [-0.39, 0.29) is 37.4 Å². The maximum Gasteiger partial charge on any atom is 0.256 e. The normalized spacial score (nSPS) is 14.8. The first-order valence-corrected chi connectivity index (χ1v) is 7.41. The van der Waals surface area contributed by atoms with Crippen molar-refractivity contribution in [1.82, 2.24) is 4.90 Å². The van der Waals surface area contributed by atoms with Gasteiger partial charge in [0.15, 0.2) is 17.5 Å². The number of carbonyl (C=O) groups excluding carboxylic acids is 1. The summed E-state index contributed by atoms with van der Waals surface area (Å²) in [4.78, 5) is 15.3. The van der Waals surface area contributed by atoms with Gasteiger partial charge >= 0.3 is 0 Å². The number of nitrogens with zero attached hydrogens (tertiary/aromatic N) is 2. The highest BCUT2D eigenvalue weighted by molar-refractivity contribution is 5.94. The first-order chi connectivity index (χ1) is 11.5. The van der Waals surface area contributed by atoms with Crippen LogP contribution in [0.5, 0.6) is 0 Å². The molecule has 1 saturated heterocycles. The van der Waals surface area contributed by atoms with E-state index in [1.807, 2.05) is 0 Å². The third-order valence-corrected chi connectivity index (χ3v) is 4.03. The van der Waals surface area contributed by atoms with Crippen molar-refractivity contribution in [1.29, 1.82) is 0 Å². The highest BCUT2D eigenvalue weighted by Gasteiger charge is 2.26. The topological polar surface area (TPSA) is 23.6 Å². The first-order valence-electron chi connectivity index (χ1n) is 7.41. The van der Waals surface area contributed by atoms with Gasteiger partial charge in [-0.2, -0.15) is 0 Å². The Labute approximate surface area is 136 Å². The summed E-state index contributed by atoms with van der Waals surface area (Å²) in [6.45, 7) is 0.932. The van der Waals surface area contributed by atoms with E-state index >= 15 is 0 Å². The van der Waals surface area contributed by atoms with Crippen LogP contribution in [0.3, 0.4) is 0 Å². The van der Waals surface area contributed by atoms with Crippen molar-refractivity contribution in [2.24, 2.45) is 0 Å². The van der Waals surface area contributed by atoms with Gasteiger partial charge in [0.2, 0.25) is 0 Å². The zero-order valence-corrected chi connectivity index (χ0v) is 12.6. The molecule has 0 spiro atoms. The molecule has 1 amide bonds. The predicted octanol–water partition coefficient (Wildman–Crippen LogP) is 3.21. The van der Waals surface area contributed by atoms with E-state index in [1.54, 1.807) is 6.07 Å². The van der Waals surface area contributed by atoms with Gasteiger partial charge in [-0.3, -0.25) is 4.79 Å². The largest absolute Gasteiger partial charge is 0.366 e. The summed E-state index contributed by atoms with van der Waals surface area (Å²) in [6, 6.07) is 7.71. The van der Waals surface area contributed by atoms with Crippen molar-refractivity contribution in [2.75, 3.05) is 31.1 Å². The van der Waals surface area contributed by atoms with Crippen LogP contribution in [0.2, 0.25) is 0 Å². The third kappa shape index (κ3) is 2.93. The average molecular weight is 338 g/mol. The van der Waals surface area contributed by atoms with Gasteiger partial charge in [0, 0.05) is 26.2 Å². The Morgan fingerprint density at radius 1 is 0.792 bits per heavy atom. The van der Waals surface area contributed by atoms with Gasteiger partial charge < -0.3 is 9.80 Å². The summed E-state index contributed by atoms with van der Waals surface area (Å²) in [7, 11) is 0. The molecule has 0 bridgehead atoms. The molecule has 0 unspecified atom stereocenters. The lowest BCUT2D eigenvalue weighted by Gasteiger charge is -2.36. The fourth-order valence-electron chi connectivity index (χ4n) is 2.72. The van der Waals surface area contributed by atoms with E-state index in [2.05, 4.69) is 0 Å². The molecule has 0 N–H and O–H groups in total. The number of halogens is 4. The summed E-state index contributed by atoms with van der Waals surface area (Å²) >= 11 is 0. The quantitative estimate of drug-likeness (QED) is 0.620. The molecule has 126 valence electrons. The number of carbonyl (C=O) groups is 1. The van der Waals surface area contributed by atoms with Crippen molar-refractivity contribution in [3.63, 3.8) is 0 Å². The summed E-state index contributed by atoms with van der Waals surface area (Å²) < 4.78 is 53.9. The van der Waals surface area contributed by atoms with Gasteiger partial charge in [0.25, 0.3) is 5.91 Å². The number of amides is 1. The second-order valence-electron chi connectivity index (χ2n) is 5.45. The number of rotatable bonds is 2. The minimum Gasteiger partial charge on any atom is -0.366 e. The maximum absolute atomic E-state index is 13.8. The van der Waals surface area contributed by atoms with Crippen LogP contribution < -0.4 is 4.90 Å². The second kappa shape index (κ2) is 6.51. The Balaban J connectivity index is 1.71. The number of benzene rings is 2. The highest BCUT2D eigenvalue weighted by atomic mass is 19.2. The lowest BCUT2D eigenvalue weighted by molar-refractivity contribution is 0.0742. The monoisotopic (exact) mass is 338 g/mol. The van der Waals surface area contributed by atoms with Crippen LogP contribution in [0.1, 0.15) is 10.4 Å². The van der Waals surface area contributed by atoms with Crippen LogP contribution in [0.25, 0.3) is 0 Å². The fraction of sp³-hybridized carbons (Fsp3) is 0.235. The minimum absolute atomic E-state index is 0.0232. The molecule has 0 saturated carbocycles. The molecule has 2 aromatic carbocycles. The molecule has 0 atom stereocenters. The van der Waals surface area contributed by atoms with E-state index in [1.165, 1.54) is 34.1 Å². The van der Waals surface area contributed by atoms with E-state index in [0.29, 0.717) is 0 Å². The zero-order valence-electron chi connectivity index (χ0n) is 12.6. The van der Waals surface area contributed by atoms with Crippen molar-refractivity contribution in [2.45, 2.75) is 0 Å². The number of piperazine rings is 1. The van der Waals surface area contributed by atoms with Gasteiger partial charge in [-0.05, 0) is 24.3 Å². The van der Waals surface area contributed by atoms with Crippen LogP contribution in [0.15, 0.2) is 36.4 Å². The standard InChI is InChI=1S/C17H14F4N2O/c18-12-4-2-1-3-11(12)17(24)23-9-7-22(8-10-23)14-6-5-13(19)15(20)16(14)21/h1-6H,7-10H2. The third-order valence-electron chi connectivity index (χ3n) is 4.03. The van der Waals surface area contributed by atoms with Crippen molar-refractivity contribution in [3.05, 3.63) is 65.2 Å². The Hall–Kier alpha value is -2.57. The smallest absolute Gasteiger partial charge is 0.256 e. The van der Waals surface area contributed by atoms with E-state index in [9.17, 15) is 22.4 Å². The molecular formula is C17H14F4N2O. The van der Waals surface area contributed by atoms with Gasteiger partial charge in [-0.15, -0.1) is 0 Å². The Bertz CT molecular complexity index is 773. The van der Waals surface area contributed by atoms with Gasteiger partial charge in [-0.1, -0.05) is 12.1 Å². The Morgan fingerprint density at radius 2 is 1.46 bits per heavy atom. The molecule has 24 heavy (non-hydrogen) atoms. The Kier molecular flexibility index (Phi) is 4.42. The molecule has 1 heterocycles. The van der Waals surface area contributed by atoms with Crippen molar-refractivity contribution >= 4 is 11.6 Å². The molecule has 0 radical (unpaired) electrons. The van der Waals surface area contributed by atoms with Crippen LogP contribution in [0, 0.1) is 23.3 Å². The molecule has 3 nitrogen and oxygen atoms in total. The zero-order chi connectivity index (χ0) is 17.3. The fourth-order valence-corrected chi connectivity index (χ4v) is 2.72. The predicted molar refractivity (Wildman–Crippen MR) is 80.8 cm³/mol. The van der Waals surface area contributed by atoms with Gasteiger partial charge in [0.1, 0.15) is 5.82 Å². The molecule has 1 aliphatic heterocycles. The lowest BCUT2D eigenvalue weighted by atomic mass is 10.1. The van der Waals surface area contributed by atoms with E-state index in [4.69, 9.17) is 0 Å². The maximum atomic E-state index is 13.8. The summed E-state index contributed by atoms with van der Waals surface area (Å²) in [6.07, 6.45) is 0. The summed E-state index contributed by atoms with van der Waals surface area (Å²) in [5.74, 6) is -5.05.